The van der Waals surface area contributed by atoms with Crippen LogP contribution < -0.4 is 5.32 Å². The SMILES string of the molecule is CCCC(=O)OCOC(=O)NCC(=O)CP(C)(=O)O. The van der Waals surface area contributed by atoms with Crippen LogP contribution in [0.15, 0.2) is 0 Å². The van der Waals surface area contributed by atoms with Gasteiger partial charge >= 0.3 is 12.1 Å². The minimum Gasteiger partial charge on any atom is -0.428 e. The number of nitrogens with one attached hydrogen (secondary N) is 1. The molecule has 8 nitrogen and oxygen atoms in total. The molecule has 0 aliphatic heterocycles. The molecule has 1 unspecified atom stereocenters. The molecule has 0 aromatic carbocycles. The van der Waals surface area contributed by atoms with Gasteiger partial charge < -0.3 is 19.7 Å². The van der Waals surface area contributed by atoms with Crippen LogP contribution in [0.2, 0.25) is 0 Å². The van der Waals surface area contributed by atoms with Crippen molar-refractivity contribution in [2.45, 2.75) is 19.8 Å². The van der Waals surface area contributed by atoms with Crippen molar-refractivity contribution in [1.29, 1.82) is 0 Å². The van der Waals surface area contributed by atoms with Crippen molar-refractivity contribution in [2.24, 2.45) is 0 Å². The molecule has 0 heterocycles. The zero-order chi connectivity index (χ0) is 14.9. The molecular formula is C10H18NO7P. The van der Waals surface area contributed by atoms with Crippen molar-refractivity contribution in [3.05, 3.63) is 0 Å². The van der Waals surface area contributed by atoms with Crippen molar-refractivity contribution in [3.8, 4) is 0 Å². The molecule has 0 aromatic rings. The van der Waals surface area contributed by atoms with E-state index in [-0.39, 0.29) is 6.42 Å². The number of esters is 1. The smallest absolute Gasteiger partial charge is 0.410 e. The third-order valence-corrected chi connectivity index (χ3v) is 2.70. The van der Waals surface area contributed by atoms with Gasteiger partial charge in [0.2, 0.25) is 14.2 Å². The van der Waals surface area contributed by atoms with Gasteiger partial charge in [-0.05, 0) is 6.42 Å². The Morgan fingerprint density at radius 2 is 1.89 bits per heavy atom. The Kier molecular flexibility index (Phi) is 8.02. The maximum Gasteiger partial charge on any atom is 0.410 e. The Balaban J connectivity index is 3.73. The van der Waals surface area contributed by atoms with E-state index in [9.17, 15) is 18.9 Å². The fourth-order valence-corrected chi connectivity index (χ4v) is 1.80. The average Bonchev–Trinajstić information content (AvgIpc) is 2.24. The van der Waals surface area contributed by atoms with Gasteiger partial charge in [-0.15, -0.1) is 0 Å². The van der Waals surface area contributed by atoms with E-state index < -0.39 is 44.7 Å². The minimum absolute atomic E-state index is 0.228. The average molecular weight is 295 g/mol. The summed E-state index contributed by atoms with van der Waals surface area (Å²) in [6, 6.07) is 0. The zero-order valence-electron chi connectivity index (χ0n) is 10.9. The summed E-state index contributed by atoms with van der Waals surface area (Å²) >= 11 is 0. The second-order valence-electron chi connectivity index (χ2n) is 3.92. The quantitative estimate of drug-likeness (QED) is 0.380. The van der Waals surface area contributed by atoms with Crippen molar-refractivity contribution in [1.82, 2.24) is 5.32 Å². The van der Waals surface area contributed by atoms with Gasteiger partial charge in [0, 0.05) is 13.1 Å². The molecule has 0 rings (SSSR count). The molecule has 0 radical (unpaired) electrons. The van der Waals surface area contributed by atoms with Crippen LogP contribution in [0, 0.1) is 0 Å². The van der Waals surface area contributed by atoms with E-state index in [0.29, 0.717) is 6.42 Å². The Labute approximate surface area is 110 Å². The molecule has 19 heavy (non-hydrogen) atoms. The summed E-state index contributed by atoms with van der Waals surface area (Å²) in [5, 5.41) is 2.08. The number of amides is 1. The molecule has 0 aliphatic carbocycles. The maximum atomic E-state index is 11.1. The lowest BCUT2D eigenvalue weighted by Gasteiger charge is -2.08. The summed E-state index contributed by atoms with van der Waals surface area (Å²) in [6.45, 7) is 1.90. The molecule has 0 aliphatic rings. The first kappa shape index (κ1) is 17.6. The fraction of sp³-hybridized carbons (Fsp3) is 0.700. The fourth-order valence-electron chi connectivity index (χ4n) is 1.03. The van der Waals surface area contributed by atoms with Crippen LogP contribution in [0.5, 0.6) is 0 Å². The molecule has 1 atom stereocenters. The Morgan fingerprint density at radius 1 is 1.26 bits per heavy atom. The van der Waals surface area contributed by atoms with Crippen LogP contribution in [-0.4, -0.2) is 48.9 Å². The maximum absolute atomic E-state index is 11.1. The molecule has 110 valence electrons. The second kappa shape index (κ2) is 8.66. The first-order valence-corrected chi connectivity index (χ1v) is 7.91. The van der Waals surface area contributed by atoms with E-state index >= 15 is 0 Å². The lowest BCUT2D eigenvalue weighted by Crippen LogP contribution is -2.32. The predicted octanol–water partition coefficient (Wildman–Crippen LogP) is 0.483. The molecule has 0 saturated heterocycles. The predicted molar refractivity (Wildman–Crippen MR) is 66.0 cm³/mol. The zero-order valence-corrected chi connectivity index (χ0v) is 11.8. The minimum atomic E-state index is -3.43. The van der Waals surface area contributed by atoms with Gasteiger partial charge in [-0.3, -0.25) is 14.2 Å². The highest BCUT2D eigenvalue weighted by Crippen LogP contribution is 2.34. The van der Waals surface area contributed by atoms with Gasteiger partial charge in [0.15, 0.2) is 5.78 Å². The van der Waals surface area contributed by atoms with Gasteiger partial charge in [-0.1, -0.05) is 6.92 Å². The molecule has 1 amide bonds. The van der Waals surface area contributed by atoms with Crippen LogP contribution in [0.25, 0.3) is 0 Å². The number of ether oxygens (including phenoxy) is 2. The number of carbonyl (C=O) groups excluding carboxylic acids is 3. The van der Waals surface area contributed by atoms with E-state index in [1.54, 1.807) is 6.92 Å². The summed E-state index contributed by atoms with van der Waals surface area (Å²) in [6.07, 6.45) is -0.607. The van der Waals surface area contributed by atoms with E-state index in [1.807, 2.05) is 0 Å². The van der Waals surface area contributed by atoms with Crippen LogP contribution in [-0.2, 0) is 23.6 Å². The number of Topliss-reactive ketones (excluding diaryl/α,β-unsaturated/α-hetero) is 1. The first-order valence-electron chi connectivity index (χ1n) is 5.62. The van der Waals surface area contributed by atoms with E-state index in [0.717, 1.165) is 6.66 Å². The monoisotopic (exact) mass is 295 g/mol. The largest absolute Gasteiger partial charge is 0.428 e. The number of ketones is 1. The summed E-state index contributed by atoms with van der Waals surface area (Å²) in [7, 11) is -3.43. The van der Waals surface area contributed by atoms with Crippen LogP contribution in [0.1, 0.15) is 19.8 Å². The number of alkyl carbamates (subject to hydrolysis) is 1. The number of hydrogen-bond acceptors (Lipinski definition) is 6. The van der Waals surface area contributed by atoms with E-state index in [2.05, 4.69) is 14.8 Å². The van der Waals surface area contributed by atoms with Crippen molar-refractivity contribution >= 4 is 25.2 Å². The summed E-state index contributed by atoms with van der Waals surface area (Å²) in [5.74, 6) is -1.08. The molecule has 0 aromatic heterocycles. The van der Waals surface area contributed by atoms with Gasteiger partial charge in [-0.2, -0.15) is 0 Å². The Hall–Kier alpha value is -1.40. The highest BCUT2D eigenvalue weighted by atomic mass is 31.2. The Morgan fingerprint density at radius 3 is 2.42 bits per heavy atom. The molecule has 0 fully saturated rings. The second-order valence-corrected chi connectivity index (χ2v) is 6.34. The normalized spacial score (nSPS) is 13.2. The molecular weight excluding hydrogens is 277 g/mol. The van der Waals surface area contributed by atoms with Crippen LogP contribution >= 0.6 is 7.37 Å². The topological polar surface area (TPSA) is 119 Å². The molecule has 9 heteroatoms. The lowest BCUT2D eigenvalue weighted by atomic mass is 10.3. The number of hydrogen-bond donors (Lipinski definition) is 2. The van der Waals surface area contributed by atoms with Crippen LogP contribution in [0.4, 0.5) is 4.79 Å². The lowest BCUT2D eigenvalue weighted by molar-refractivity contribution is -0.151. The van der Waals surface area contributed by atoms with Crippen molar-refractivity contribution in [2.75, 3.05) is 26.2 Å². The molecule has 0 spiro atoms. The van der Waals surface area contributed by atoms with Crippen molar-refractivity contribution < 1.29 is 33.3 Å². The van der Waals surface area contributed by atoms with Crippen LogP contribution in [0.3, 0.4) is 0 Å². The van der Waals surface area contributed by atoms with Gasteiger partial charge in [0.25, 0.3) is 0 Å². The molecule has 2 N–H and O–H groups in total. The third-order valence-electron chi connectivity index (χ3n) is 1.76. The number of carbonyl (C=O) groups is 3. The van der Waals surface area contributed by atoms with Gasteiger partial charge in [-0.25, -0.2) is 4.79 Å². The summed E-state index contributed by atoms with van der Waals surface area (Å²) < 4.78 is 19.9. The standard InChI is InChI=1S/C10H18NO7P/c1-3-4-9(13)17-7-18-10(14)11-5-8(12)6-19(2,15)16/h3-7H2,1-2H3,(H,11,14)(H,15,16). The Bertz CT molecular complexity index is 376. The molecule has 0 bridgehead atoms. The van der Waals surface area contributed by atoms with Gasteiger partial charge in [0.05, 0.1) is 12.7 Å². The van der Waals surface area contributed by atoms with E-state index in [4.69, 9.17) is 4.89 Å². The summed E-state index contributed by atoms with van der Waals surface area (Å²) in [5.41, 5.74) is 0. The molecule has 0 saturated carbocycles. The van der Waals surface area contributed by atoms with Crippen molar-refractivity contribution in [3.63, 3.8) is 0 Å². The summed E-state index contributed by atoms with van der Waals surface area (Å²) in [4.78, 5) is 42.0. The highest BCUT2D eigenvalue weighted by molar-refractivity contribution is 7.58. The third kappa shape index (κ3) is 11.4. The highest BCUT2D eigenvalue weighted by Gasteiger charge is 2.16. The van der Waals surface area contributed by atoms with E-state index in [1.165, 1.54) is 0 Å². The van der Waals surface area contributed by atoms with Gasteiger partial charge in [0.1, 0.15) is 0 Å². The first-order chi connectivity index (χ1) is 8.74. The number of rotatable bonds is 8.